The van der Waals surface area contributed by atoms with Gasteiger partial charge in [0, 0.05) is 32.7 Å². The Hall–Kier alpha value is -3.64. The molecule has 0 aliphatic carbocycles. The van der Waals surface area contributed by atoms with Gasteiger partial charge < -0.3 is 10.6 Å². The van der Waals surface area contributed by atoms with Crippen molar-refractivity contribution >= 4 is 81.3 Å². The minimum Gasteiger partial charge on any atom is -0.321 e. The maximum absolute atomic E-state index is 13.3. The number of hydrogen-bond acceptors (Lipinski definition) is 8. The van der Waals surface area contributed by atoms with Crippen molar-refractivity contribution < 1.29 is 14.4 Å². The van der Waals surface area contributed by atoms with Crippen molar-refractivity contribution in [3.8, 4) is 0 Å². The lowest BCUT2D eigenvalue weighted by molar-refractivity contribution is -0.114. The van der Waals surface area contributed by atoms with Gasteiger partial charge in [0.1, 0.15) is 5.70 Å². The molecule has 12 heteroatoms. The zero-order valence-electron chi connectivity index (χ0n) is 21.2. The maximum atomic E-state index is 13.3. The molecule has 3 N–H and O–H groups in total. The first-order chi connectivity index (χ1) is 19.4. The van der Waals surface area contributed by atoms with Crippen LogP contribution < -0.4 is 16.0 Å². The summed E-state index contributed by atoms with van der Waals surface area (Å²) in [6, 6.07) is 22.6. The molecule has 0 aliphatic heterocycles. The molecular formula is C28H24ClN5O3S3. The number of amides is 3. The quantitative estimate of drug-likeness (QED) is 0.132. The second-order valence-corrected chi connectivity index (χ2v) is 11.5. The number of nitrogens with one attached hydrogen (secondary N) is 3. The van der Waals surface area contributed by atoms with Gasteiger partial charge >= 0.3 is 0 Å². The van der Waals surface area contributed by atoms with Crippen molar-refractivity contribution in [2.75, 3.05) is 22.1 Å². The van der Waals surface area contributed by atoms with E-state index in [1.54, 1.807) is 78.9 Å². The molecule has 0 fully saturated rings. The lowest BCUT2D eigenvalue weighted by atomic mass is 10.1. The number of rotatable bonds is 11. The molecule has 4 aromatic rings. The van der Waals surface area contributed by atoms with Crippen molar-refractivity contribution in [3.63, 3.8) is 0 Å². The fourth-order valence-electron chi connectivity index (χ4n) is 3.28. The highest BCUT2D eigenvalue weighted by molar-refractivity contribution is 8.00. The molecule has 204 valence electrons. The van der Waals surface area contributed by atoms with Crippen LogP contribution >= 0.6 is 46.7 Å². The first-order valence-electron chi connectivity index (χ1n) is 12.0. The van der Waals surface area contributed by atoms with Crippen LogP contribution in [0.4, 0.5) is 10.8 Å². The third kappa shape index (κ3) is 8.95. The molecule has 8 nitrogen and oxygen atoms in total. The van der Waals surface area contributed by atoms with Crippen molar-refractivity contribution in [2.45, 2.75) is 17.0 Å². The highest BCUT2D eigenvalue weighted by Gasteiger charge is 2.16. The van der Waals surface area contributed by atoms with E-state index in [1.807, 2.05) is 13.0 Å². The summed E-state index contributed by atoms with van der Waals surface area (Å²) in [4.78, 5) is 43.5. The summed E-state index contributed by atoms with van der Waals surface area (Å²) in [5.74, 6) is -0.119. The van der Waals surface area contributed by atoms with Crippen LogP contribution in [0.1, 0.15) is 22.8 Å². The van der Waals surface area contributed by atoms with Gasteiger partial charge in [-0.2, -0.15) is 9.36 Å². The summed E-state index contributed by atoms with van der Waals surface area (Å²) in [7, 11) is 0. The van der Waals surface area contributed by atoms with Gasteiger partial charge in [0.25, 0.3) is 11.8 Å². The van der Waals surface area contributed by atoms with Crippen LogP contribution in [0.25, 0.3) is 6.08 Å². The van der Waals surface area contributed by atoms with Crippen molar-refractivity contribution in [2.24, 2.45) is 0 Å². The second kappa shape index (κ2) is 14.7. The van der Waals surface area contributed by atoms with Gasteiger partial charge in [0.05, 0.1) is 5.75 Å². The summed E-state index contributed by atoms with van der Waals surface area (Å²) < 4.78 is 4.19. The van der Waals surface area contributed by atoms with E-state index in [0.29, 0.717) is 32.1 Å². The number of anilines is 2. The van der Waals surface area contributed by atoms with E-state index in [2.05, 4.69) is 25.3 Å². The van der Waals surface area contributed by atoms with E-state index >= 15 is 0 Å². The van der Waals surface area contributed by atoms with Gasteiger partial charge in [0.15, 0.2) is 0 Å². The minimum absolute atomic E-state index is 0.0614. The molecule has 0 unspecified atom stereocenters. The van der Waals surface area contributed by atoms with Crippen molar-refractivity contribution in [1.82, 2.24) is 14.7 Å². The van der Waals surface area contributed by atoms with Gasteiger partial charge in [-0.3, -0.25) is 19.7 Å². The third-order valence-corrected chi connectivity index (χ3v) is 7.82. The smallest absolute Gasteiger partial charge is 0.272 e. The first kappa shape index (κ1) is 29.3. The molecule has 0 aliphatic rings. The molecule has 3 amide bonds. The van der Waals surface area contributed by atoms with Gasteiger partial charge in [-0.25, -0.2) is 0 Å². The molecule has 0 atom stereocenters. The number of carbonyl (C=O) groups is 3. The van der Waals surface area contributed by atoms with Crippen LogP contribution in [0, 0.1) is 0 Å². The lowest BCUT2D eigenvalue weighted by Gasteiger charge is -2.12. The Balaban J connectivity index is 1.42. The standard InChI is InChI=1S/C28H24ClN5O3S3/c1-2-38-28-33-27(40-34-28)32-24(35)17-39-22-10-6-9-21(16-22)30-26(37)23(15-18-11-13-20(29)14-12-18)31-25(36)19-7-4-3-5-8-19/h3-16H,2,17H2,1H3,(H,30,37)(H,31,36)(H,32,33,34,35)/b23-15-. The minimum atomic E-state index is -0.504. The molecule has 0 spiro atoms. The van der Waals surface area contributed by atoms with Crippen LogP contribution in [-0.4, -0.2) is 38.6 Å². The van der Waals surface area contributed by atoms with Crippen LogP contribution in [0.2, 0.25) is 5.02 Å². The number of aromatic nitrogens is 2. The Morgan fingerprint density at radius 2 is 1.73 bits per heavy atom. The number of nitrogens with zero attached hydrogens (tertiary/aromatic N) is 2. The van der Waals surface area contributed by atoms with E-state index in [1.165, 1.54) is 23.5 Å². The average molecular weight is 610 g/mol. The highest BCUT2D eigenvalue weighted by Crippen LogP contribution is 2.24. The van der Waals surface area contributed by atoms with E-state index < -0.39 is 11.8 Å². The highest BCUT2D eigenvalue weighted by atomic mass is 35.5. The van der Waals surface area contributed by atoms with E-state index in [-0.39, 0.29) is 17.4 Å². The van der Waals surface area contributed by atoms with Gasteiger partial charge in [0.2, 0.25) is 16.2 Å². The van der Waals surface area contributed by atoms with Crippen LogP contribution in [0.15, 0.2) is 94.6 Å². The van der Waals surface area contributed by atoms with Crippen molar-refractivity contribution in [1.29, 1.82) is 0 Å². The predicted octanol–water partition coefficient (Wildman–Crippen LogP) is 6.44. The normalized spacial score (nSPS) is 11.1. The summed E-state index contributed by atoms with van der Waals surface area (Å²) >= 11 is 9.96. The zero-order valence-corrected chi connectivity index (χ0v) is 24.4. The fraction of sp³-hybridized carbons (Fsp3) is 0.107. The molecule has 1 aromatic heterocycles. The predicted molar refractivity (Wildman–Crippen MR) is 164 cm³/mol. The first-order valence-corrected chi connectivity index (χ1v) is 15.2. The molecule has 0 saturated carbocycles. The third-order valence-electron chi connectivity index (χ3n) is 5.10. The Bertz CT molecular complexity index is 1510. The van der Waals surface area contributed by atoms with E-state index in [4.69, 9.17) is 11.6 Å². The largest absolute Gasteiger partial charge is 0.321 e. The topological polar surface area (TPSA) is 113 Å². The number of carbonyl (C=O) groups excluding carboxylic acids is 3. The number of benzene rings is 3. The summed E-state index contributed by atoms with van der Waals surface area (Å²) in [5.41, 5.74) is 1.68. The van der Waals surface area contributed by atoms with Crippen molar-refractivity contribution in [3.05, 3.63) is 101 Å². The number of hydrogen-bond donors (Lipinski definition) is 3. The Kier molecular flexibility index (Phi) is 10.8. The molecule has 1 heterocycles. The SMILES string of the molecule is CCSc1nsc(NC(=O)CSc2cccc(NC(=O)/C(=C/c3ccc(Cl)cc3)NC(=O)c3ccccc3)c2)n1. The van der Waals surface area contributed by atoms with Gasteiger partial charge in [-0.1, -0.05) is 66.7 Å². The Morgan fingerprint density at radius 1 is 0.950 bits per heavy atom. The van der Waals surface area contributed by atoms with Gasteiger partial charge in [-0.15, -0.1) is 11.8 Å². The molecule has 40 heavy (non-hydrogen) atoms. The van der Waals surface area contributed by atoms with Crippen LogP contribution in [0.3, 0.4) is 0 Å². The van der Waals surface area contributed by atoms with E-state index in [9.17, 15) is 14.4 Å². The fourth-order valence-corrected chi connectivity index (χ4v) is 5.45. The lowest BCUT2D eigenvalue weighted by Crippen LogP contribution is -2.30. The molecular weight excluding hydrogens is 586 g/mol. The summed E-state index contributed by atoms with van der Waals surface area (Å²) in [6.45, 7) is 2.01. The number of thioether (sulfide) groups is 2. The van der Waals surface area contributed by atoms with E-state index in [0.717, 1.165) is 22.2 Å². The van der Waals surface area contributed by atoms with Gasteiger partial charge in [-0.05, 0) is 59.9 Å². The van der Waals surface area contributed by atoms with Crippen LogP contribution in [0.5, 0.6) is 0 Å². The Labute approximate surface area is 249 Å². The second-order valence-electron chi connectivity index (χ2n) is 8.06. The Morgan fingerprint density at radius 3 is 2.48 bits per heavy atom. The average Bonchev–Trinajstić information content (AvgIpc) is 3.40. The zero-order chi connectivity index (χ0) is 28.3. The molecule has 4 rings (SSSR count). The summed E-state index contributed by atoms with van der Waals surface area (Å²) in [6.07, 6.45) is 1.58. The number of halogens is 1. The molecule has 0 bridgehead atoms. The van der Waals surface area contributed by atoms with Crippen LogP contribution in [-0.2, 0) is 9.59 Å². The molecule has 0 radical (unpaired) electrons. The maximum Gasteiger partial charge on any atom is 0.272 e. The summed E-state index contributed by atoms with van der Waals surface area (Å²) in [5, 5.41) is 9.96. The monoisotopic (exact) mass is 609 g/mol. The molecule has 0 saturated heterocycles. The molecule has 3 aromatic carbocycles.